The van der Waals surface area contributed by atoms with Crippen molar-refractivity contribution in [3.05, 3.63) is 35.9 Å². The van der Waals surface area contributed by atoms with Gasteiger partial charge in [0.05, 0.1) is 6.42 Å². The number of alkyl carbamates (subject to hydrolysis) is 1. The number of hydrogen-bond acceptors (Lipinski definition) is 5. The van der Waals surface area contributed by atoms with Crippen molar-refractivity contribution in [3.63, 3.8) is 0 Å². The Labute approximate surface area is 214 Å². The molecule has 9 nitrogen and oxygen atoms in total. The van der Waals surface area contributed by atoms with Crippen LogP contribution in [0.1, 0.15) is 91.7 Å². The Morgan fingerprint density at radius 1 is 1.00 bits per heavy atom. The van der Waals surface area contributed by atoms with Crippen LogP contribution in [0, 0.1) is 0 Å². The fraction of sp³-hybridized carbons (Fsp3) is 0.630. The zero-order valence-corrected chi connectivity index (χ0v) is 22.4. The standard InChI is InChI=1S/C27H42N4O5/c1-26(2,3)31(24(34)20(17-21(28)32)30-25(35)36-27(4,5)6)22(18-13-9-7-10-14-18)23(33)29-19-15-11-8-12-16-19/h7,9-10,13-14,19-20,22H,8,11-12,15-17H2,1-6H3,(H2,28,32)(H,29,33)(H,30,35). The summed E-state index contributed by atoms with van der Waals surface area (Å²) in [6, 6.07) is 6.80. The number of benzene rings is 1. The number of nitrogens with one attached hydrogen (secondary N) is 2. The molecule has 200 valence electrons. The number of nitrogens with zero attached hydrogens (tertiary/aromatic N) is 1. The topological polar surface area (TPSA) is 131 Å². The molecular formula is C27H42N4O5. The molecule has 2 rings (SSSR count). The van der Waals surface area contributed by atoms with E-state index in [-0.39, 0.29) is 11.9 Å². The summed E-state index contributed by atoms with van der Waals surface area (Å²) < 4.78 is 5.31. The lowest BCUT2D eigenvalue weighted by atomic mass is 9.92. The van der Waals surface area contributed by atoms with Crippen LogP contribution in [0.2, 0.25) is 0 Å². The summed E-state index contributed by atoms with van der Waals surface area (Å²) in [6.07, 6.45) is 3.73. The minimum Gasteiger partial charge on any atom is -0.444 e. The summed E-state index contributed by atoms with van der Waals surface area (Å²) in [5.41, 5.74) is 4.42. The van der Waals surface area contributed by atoms with Gasteiger partial charge in [0.1, 0.15) is 17.7 Å². The van der Waals surface area contributed by atoms with E-state index in [1.54, 1.807) is 45.0 Å². The van der Waals surface area contributed by atoms with Crippen molar-refractivity contribution < 1.29 is 23.9 Å². The molecule has 1 aliphatic rings. The largest absolute Gasteiger partial charge is 0.444 e. The molecule has 0 heterocycles. The summed E-state index contributed by atoms with van der Waals surface area (Å²) in [5, 5.41) is 5.64. The van der Waals surface area contributed by atoms with Crippen LogP contribution in [0.3, 0.4) is 0 Å². The first-order chi connectivity index (χ1) is 16.7. The van der Waals surface area contributed by atoms with Gasteiger partial charge in [-0.2, -0.15) is 0 Å². The molecule has 1 aliphatic carbocycles. The van der Waals surface area contributed by atoms with Crippen LogP contribution >= 0.6 is 0 Å². The van der Waals surface area contributed by atoms with Gasteiger partial charge < -0.3 is 26.0 Å². The Balaban J connectivity index is 2.47. The molecular weight excluding hydrogens is 460 g/mol. The SMILES string of the molecule is CC(C)(C)OC(=O)NC(CC(N)=O)C(=O)N(C(C(=O)NC1CCCCC1)c1ccccc1)C(C)(C)C. The molecule has 1 fully saturated rings. The summed E-state index contributed by atoms with van der Waals surface area (Å²) in [5.74, 6) is -1.66. The highest BCUT2D eigenvalue weighted by atomic mass is 16.6. The summed E-state index contributed by atoms with van der Waals surface area (Å²) in [7, 11) is 0. The van der Waals surface area contributed by atoms with Gasteiger partial charge in [-0.05, 0) is 59.9 Å². The molecule has 4 N–H and O–H groups in total. The second kappa shape index (κ2) is 12.2. The lowest BCUT2D eigenvalue weighted by Crippen LogP contribution is -2.59. The molecule has 0 bridgehead atoms. The normalized spacial score (nSPS) is 16.4. The summed E-state index contributed by atoms with van der Waals surface area (Å²) >= 11 is 0. The Morgan fingerprint density at radius 3 is 2.08 bits per heavy atom. The number of amides is 4. The zero-order chi connectivity index (χ0) is 27.1. The predicted molar refractivity (Wildman–Crippen MR) is 138 cm³/mol. The molecule has 0 saturated heterocycles. The average Bonchev–Trinajstić information content (AvgIpc) is 2.75. The van der Waals surface area contributed by atoms with E-state index in [1.807, 2.05) is 26.8 Å². The van der Waals surface area contributed by atoms with Crippen molar-refractivity contribution in [1.82, 2.24) is 15.5 Å². The lowest BCUT2D eigenvalue weighted by Gasteiger charge is -2.43. The van der Waals surface area contributed by atoms with E-state index in [2.05, 4.69) is 10.6 Å². The van der Waals surface area contributed by atoms with Gasteiger partial charge in [0, 0.05) is 11.6 Å². The average molecular weight is 503 g/mol. The van der Waals surface area contributed by atoms with E-state index in [0.29, 0.717) is 5.56 Å². The molecule has 0 radical (unpaired) electrons. The quantitative estimate of drug-likeness (QED) is 0.500. The minimum absolute atomic E-state index is 0.0377. The molecule has 1 saturated carbocycles. The van der Waals surface area contributed by atoms with Crippen molar-refractivity contribution in [3.8, 4) is 0 Å². The highest BCUT2D eigenvalue weighted by molar-refractivity contribution is 5.95. The molecule has 36 heavy (non-hydrogen) atoms. The molecule has 0 aliphatic heterocycles. The van der Waals surface area contributed by atoms with Crippen LogP contribution in [0.15, 0.2) is 30.3 Å². The second-order valence-electron chi connectivity index (χ2n) is 11.4. The highest BCUT2D eigenvalue weighted by Crippen LogP contribution is 2.31. The number of ether oxygens (including phenoxy) is 1. The first kappa shape index (κ1) is 29.1. The van der Waals surface area contributed by atoms with Gasteiger partial charge in [0.15, 0.2) is 0 Å². The molecule has 0 aromatic heterocycles. The van der Waals surface area contributed by atoms with Gasteiger partial charge in [-0.15, -0.1) is 0 Å². The second-order valence-corrected chi connectivity index (χ2v) is 11.4. The van der Waals surface area contributed by atoms with Gasteiger partial charge >= 0.3 is 6.09 Å². The van der Waals surface area contributed by atoms with E-state index in [0.717, 1.165) is 32.1 Å². The maximum atomic E-state index is 14.0. The third-order valence-electron chi connectivity index (χ3n) is 5.93. The Kier molecular flexibility index (Phi) is 9.90. The predicted octanol–water partition coefficient (Wildman–Crippen LogP) is 3.57. The number of carbonyl (C=O) groups excluding carboxylic acids is 4. The first-order valence-electron chi connectivity index (χ1n) is 12.7. The van der Waals surface area contributed by atoms with Crippen molar-refractivity contribution in [2.75, 3.05) is 0 Å². The van der Waals surface area contributed by atoms with Crippen molar-refractivity contribution in [2.45, 2.75) is 109 Å². The number of carbonyl (C=O) groups is 4. The number of hydrogen-bond donors (Lipinski definition) is 3. The van der Waals surface area contributed by atoms with Crippen LogP contribution < -0.4 is 16.4 Å². The van der Waals surface area contributed by atoms with E-state index in [4.69, 9.17) is 10.5 Å². The Bertz CT molecular complexity index is 914. The molecule has 1 aromatic rings. The highest BCUT2D eigenvalue weighted by Gasteiger charge is 2.42. The number of rotatable bonds is 8. The van der Waals surface area contributed by atoms with Crippen LogP contribution in [0.4, 0.5) is 4.79 Å². The van der Waals surface area contributed by atoms with Crippen molar-refractivity contribution in [2.24, 2.45) is 5.73 Å². The Morgan fingerprint density at radius 2 is 1.58 bits per heavy atom. The van der Waals surface area contributed by atoms with Crippen LogP contribution in [-0.4, -0.2) is 51.9 Å². The van der Waals surface area contributed by atoms with Crippen molar-refractivity contribution >= 4 is 23.8 Å². The number of primary amides is 1. The smallest absolute Gasteiger partial charge is 0.408 e. The van der Waals surface area contributed by atoms with E-state index < -0.39 is 47.6 Å². The van der Waals surface area contributed by atoms with Crippen LogP contribution in [0.25, 0.3) is 0 Å². The monoisotopic (exact) mass is 502 g/mol. The minimum atomic E-state index is -1.30. The fourth-order valence-electron chi connectivity index (χ4n) is 4.44. The van der Waals surface area contributed by atoms with Gasteiger partial charge in [-0.1, -0.05) is 49.6 Å². The van der Waals surface area contributed by atoms with E-state index >= 15 is 0 Å². The maximum Gasteiger partial charge on any atom is 0.408 e. The fourth-order valence-corrected chi connectivity index (χ4v) is 4.44. The number of nitrogens with two attached hydrogens (primary N) is 1. The molecule has 4 amide bonds. The van der Waals surface area contributed by atoms with Gasteiger partial charge in [-0.3, -0.25) is 14.4 Å². The van der Waals surface area contributed by atoms with Crippen LogP contribution in [-0.2, 0) is 19.1 Å². The molecule has 9 heteroatoms. The Hall–Kier alpha value is -3.10. The van der Waals surface area contributed by atoms with Crippen LogP contribution in [0.5, 0.6) is 0 Å². The molecule has 2 unspecified atom stereocenters. The zero-order valence-electron chi connectivity index (χ0n) is 22.4. The van der Waals surface area contributed by atoms with Gasteiger partial charge in [0.25, 0.3) is 0 Å². The molecule has 2 atom stereocenters. The summed E-state index contributed by atoms with van der Waals surface area (Å²) in [6.45, 7) is 10.5. The molecule has 1 aromatic carbocycles. The third-order valence-corrected chi connectivity index (χ3v) is 5.93. The van der Waals surface area contributed by atoms with E-state index in [9.17, 15) is 19.2 Å². The third kappa shape index (κ3) is 8.84. The lowest BCUT2D eigenvalue weighted by molar-refractivity contribution is -0.149. The molecule has 0 spiro atoms. The summed E-state index contributed by atoms with van der Waals surface area (Å²) in [4.78, 5) is 53.6. The van der Waals surface area contributed by atoms with Gasteiger partial charge in [0.2, 0.25) is 17.7 Å². The van der Waals surface area contributed by atoms with Gasteiger partial charge in [-0.25, -0.2) is 4.79 Å². The van der Waals surface area contributed by atoms with Crippen molar-refractivity contribution in [1.29, 1.82) is 0 Å². The first-order valence-corrected chi connectivity index (χ1v) is 12.7. The maximum absolute atomic E-state index is 14.0. The van der Waals surface area contributed by atoms with E-state index in [1.165, 1.54) is 4.90 Å².